The topological polar surface area (TPSA) is 77.2 Å². The predicted molar refractivity (Wildman–Crippen MR) is 101 cm³/mol. The van der Waals surface area contributed by atoms with Gasteiger partial charge in [-0.3, -0.25) is 4.79 Å². The average Bonchev–Trinajstić information content (AvgIpc) is 2.54. The van der Waals surface area contributed by atoms with Crippen molar-refractivity contribution in [2.45, 2.75) is 58.5 Å². The Hall–Kier alpha value is -1.82. The van der Waals surface area contributed by atoms with Gasteiger partial charge in [-0.15, -0.1) is 0 Å². The summed E-state index contributed by atoms with van der Waals surface area (Å²) in [6.45, 7) is 4.61. The van der Waals surface area contributed by atoms with Crippen molar-refractivity contribution in [3.05, 3.63) is 33.2 Å². The molecule has 1 aliphatic rings. The summed E-state index contributed by atoms with van der Waals surface area (Å²) < 4.78 is 0. The molecule has 1 saturated carbocycles. The van der Waals surface area contributed by atoms with E-state index in [1.807, 2.05) is 19.9 Å². The average molecular weight is 348 g/mol. The lowest BCUT2D eigenvalue weighted by Crippen LogP contribution is -2.48. The number of nitrogens with one attached hydrogen (secondary N) is 3. The zero-order valence-corrected chi connectivity index (χ0v) is 15.9. The molecule has 1 aromatic heterocycles. The van der Waals surface area contributed by atoms with Crippen molar-refractivity contribution in [2.24, 2.45) is 5.92 Å². The van der Waals surface area contributed by atoms with Gasteiger partial charge in [0.2, 0.25) is 0 Å². The number of nitrogens with zero attached hydrogens (tertiary/aromatic N) is 1. The van der Waals surface area contributed by atoms with Crippen LogP contribution in [0.2, 0.25) is 0 Å². The minimum atomic E-state index is -0.220. The molecule has 0 radical (unpaired) electrons. The van der Waals surface area contributed by atoms with Crippen molar-refractivity contribution < 1.29 is 4.79 Å². The normalized spacial score (nSPS) is 16.7. The standard InChI is InChI=1S/C19H32N4O2/c1-13-10-14(2)22-18(24)16(13)11-20-19(25)21-12-17(23(3)4)15-8-6-5-7-9-15/h10,15,17H,5-9,11-12H2,1-4H3,(H,22,24)(H2,20,21,25)/t17-/m1/s1. The van der Waals surface area contributed by atoms with Crippen LogP contribution in [0.4, 0.5) is 4.79 Å². The SMILES string of the molecule is Cc1cc(C)c(CNC(=O)NC[C@H](C2CCCCC2)N(C)C)c(=O)[nH]1. The highest BCUT2D eigenvalue weighted by Gasteiger charge is 2.25. The Morgan fingerprint density at radius 1 is 1.24 bits per heavy atom. The van der Waals surface area contributed by atoms with Crippen LogP contribution in [0, 0.1) is 19.8 Å². The first-order chi connectivity index (χ1) is 11.9. The number of urea groups is 1. The smallest absolute Gasteiger partial charge is 0.315 e. The van der Waals surface area contributed by atoms with Crippen molar-refractivity contribution >= 4 is 6.03 Å². The minimum Gasteiger partial charge on any atom is -0.337 e. The number of carbonyl (C=O) groups excluding carboxylic acids is 1. The fraction of sp³-hybridized carbons (Fsp3) is 0.684. The lowest BCUT2D eigenvalue weighted by molar-refractivity contribution is 0.166. The van der Waals surface area contributed by atoms with Crippen LogP contribution in [-0.4, -0.2) is 42.6 Å². The highest BCUT2D eigenvalue weighted by atomic mass is 16.2. The molecule has 1 fully saturated rings. The van der Waals surface area contributed by atoms with E-state index < -0.39 is 0 Å². The Labute approximate surface area is 150 Å². The molecule has 1 aromatic rings. The van der Waals surface area contributed by atoms with E-state index in [2.05, 4.69) is 34.6 Å². The predicted octanol–water partition coefficient (Wildman–Crippen LogP) is 2.30. The van der Waals surface area contributed by atoms with Crippen molar-refractivity contribution in [1.29, 1.82) is 0 Å². The van der Waals surface area contributed by atoms with Crippen LogP contribution in [0.3, 0.4) is 0 Å². The molecule has 6 nitrogen and oxygen atoms in total. The molecule has 25 heavy (non-hydrogen) atoms. The van der Waals surface area contributed by atoms with Crippen molar-refractivity contribution in [1.82, 2.24) is 20.5 Å². The molecule has 1 aliphatic carbocycles. The number of hydrogen-bond donors (Lipinski definition) is 3. The summed E-state index contributed by atoms with van der Waals surface area (Å²) in [6, 6.07) is 2.05. The third-order valence-electron chi connectivity index (χ3n) is 5.25. The Kier molecular flexibility index (Phi) is 7.05. The van der Waals surface area contributed by atoms with Gasteiger partial charge in [-0.2, -0.15) is 0 Å². The van der Waals surface area contributed by atoms with E-state index in [1.54, 1.807) is 0 Å². The maximum absolute atomic E-state index is 12.2. The molecule has 0 spiro atoms. The molecule has 0 bridgehead atoms. The van der Waals surface area contributed by atoms with Crippen molar-refractivity contribution in [3.8, 4) is 0 Å². The summed E-state index contributed by atoms with van der Waals surface area (Å²) in [7, 11) is 4.15. The molecule has 0 saturated heterocycles. The number of H-pyrrole nitrogens is 1. The van der Waals surface area contributed by atoms with Crippen LogP contribution >= 0.6 is 0 Å². The maximum atomic E-state index is 12.2. The van der Waals surface area contributed by atoms with Gasteiger partial charge >= 0.3 is 6.03 Å². The maximum Gasteiger partial charge on any atom is 0.315 e. The molecular weight excluding hydrogens is 316 g/mol. The number of aryl methyl sites for hydroxylation is 2. The molecule has 2 rings (SSSR count). The van der Waals surface area contributed by atoms with Gasteiger partial charge in [0, 0.05) is 23.8 Å². The lowest BCUT2D eigenvalue weighted by Gasteiger charge is -2.34. The first kappa shape index (κ1) is 19.5. The van der Waals surface area contributed by atoms with E-state index in [4.69, 9.17) is 0 Å². The third-order valence-corrected chi connectivity index (χ3v) is 5.25. The van der Waals surface area contributed by atoms with Crippen LogP contribution in [0.25, 0.3) is 0 Å². The lowest BCUT2D eigenvalue weighted by atomic mass is 9.83. The quantitative estimate of drug-likeness (QED) is 0.738. The summed E-state index contributed by atoms with van der Waals surface area (Å²) >= 11 is 0. The fourth-order valence-corrected chi connectivity index (χ4v) is 3.82. The number of amides is 2. The minimum absolute atomic E-state index is 0.133. The summed E-state index contributed by atoms with van der Waals surface area (Å²) in [5, 5.41) is 5.79. The molecule has 140 valence electrons. The Balaban J connectivity index is 1.86. The zero-order valence-electron chi connectivity index (χ0n) is 15.9. The van der Waals surface area contributed by atoms with Gasteiger partial charge in [-0.05, 0) is 58.3 Å². The van der Waals surface area contributed by atoms with Gasteiger partial charge in [0.25, 0.3) is 5.56 Å². The fourth-order valence-electron chi connectivity index (χ4n) is 3.82. The monoisotopic (exact) mass is 348 g/mol. The highest BCUT2D eigenvalue weighted by Crippen LogP contribution is 2.27. The number of carbonyl (C=O) groups is 1. The number of likely N-dealkylation sites (N-methyl/N-ethyl adjacent to an activating group) is 1. The van der Waals surface area contributed by atoms with Gasteiger partial charge in [-0.25, -0.2) is 4.79 Å². The number of aromatic nitrogens is 1. The van der Waals surface area contributed by atoms with Gasteiger partial charge in [0.15, 0.2) is 0 Å². The van der Waals surface area contributed by atoms with Crippen LogP contribution in [-0.2, 0) is 6.54 Å². The van der Waals surface area contributed by atoms with Crippen LogP contribution in [0.5, 0.6) is 0 Å². The first-order valence-electron chi connectivity index (χ1n) is 9.26. The summed E-state index contributed by atoms with van der Waals surface area (Å²) in [5.41, 5.74) is 2.20. The van der Waals surface area contributed by atoms with E-state index >= 15 is 0 Å². The molecular formula is C19H32N4O2. The summed E-state index contributed by atoms with van der Waals surface area (Å²) in [6.07, 6.45) is 6.39. The van der Waals surface area contributed by atoms with E-state index in [-0.39, 0.29) is 18.1 Å². The molecule has 0 aliphatic heterocycles. The van der Waals surface area contributed by atoms with Crippen LogP contribution in [0.15, 0.2) is 10.9 Å². The number of aromatic amines is 1. The Bertz CT molecular complexity index is 633. The second-order valence-electron chi connectivity index (χ2n) is 7.44. The van der Waals surface area contributed by atoms with Gasteiger partial charge in [0.1, 0.15) is 0 Å². The Morgan fingerprint density at radius 3 is 2.52 bits per heavy atom. The molecule has 1 atom stereocenters. The summed E-state index contributed by atoms with van der Waals surface area (Å²) in [4.78, 5) is 29.2. The van der Waals surface area contributed by atoms with Crippen LogP contribution in [0.1, 0.15) is 48.9 Å². The van der Waals surface area contributed by atoms with Gasteiger partial charge in [0.05, 0.1) is 6.54 Å². The second-order valence-corrected chi connectivity index (χ2v) is 7.44. The van der Waals surface area contributed by atoms with E-state index in [1.165, 1.54) is 32.1 Å². The summed E-state index contributed by atoms with van der Waals surface area (Å²) in [5.74, 6) is 0.645. The third kappa shape index (κ3) is 5.59. The Morgan fingerprint density at radius 2 is 1.92 bits per heavy atom. The first-order valence-corrected chi connectivity index (χ1v) is 9.26. The molecule has 2 amide bonds. The molecule has 0 unspecified atom stereocenters. The van der Waals surface area contributed by atoms with Crippen LogP contribution < -0.4 is 16.2 Å². The second kappa shape index (κ2) is 9.04. The highest BCUT2D eigenvalue weighted by molar-refractivity contribution is 5.73. The number of hydrogen-bond acceptors (Lipinski definition) is 3. The number of rotatable bonds is 6. The van der Waals surface area contributed by atoms with Gasteiger partial charge < -0.3 is 20.5 Å². The molecule has 1 heterocycles. The molecule has 0 aromatic carbocycles. The van der Waals surface area contributed by atoms with Gasteiger partial charge in [-0.1, -0.05) is 19.3 Å². The van der Waals surface area contributed by atoms with Crippen molar-refractivity contribution in [3.63, 3.8) is 0 Å². The molecule has 3 N–H and O–H groups in total. The number of pyridine rings is 1. The largest absolute Gasteiger partial charge is 0.337 e. The zero-order chi connectivity index (χ0) is 18.4. The van der Waals surface area contributed by atoms with E-state index in [0.29, 0.717) is 24.1 Å². The van der Waals surface area contributed by atoms with E-state index in [0.717, 1.165) is 11.3 Å². The van der Waals surface area contributed by atoms with E-state index in [9.17, 15) is 9.59 Å². The molecule has 6 heteroatoms. The van der Waals surface area contributed by atoms with Crippen molar-refractivity contribution in [2.75, 3.05) is 20.6 Å².